The number of amides is 1. The first-order chi connectivity index (χ1) is 9.16. The Balaban J connectivity index is 2.00. The van der Waals surface area contributed by atoms with E-state index in [-0.39, 0.29) is 23.2 Å². The van der Waals surface area contributed by atoms with E-state index in [9.17, 15) is 9.59 Å². The molecule has 1 atom stereocenters. The van der Waals surface area contributed by atoms with Gasteiger partial charge in [-0.2, -0.15) is 5.10 Å². The zero-order chi connectivity index (χ0) is 13.4. The van der Waals surface area contributed by atoms with Gasteiger partial charge in [-0.05, 0) is 31.0 Å². The molecule has 0 bridgehead atoms. The first-order valence-electron chi connectivity index (χ1n) is 6.14. The largest absolute Gasteiger partial charge is 0.304 e. The van der Waals surface area contributed by atoms with Gasteiger partial charge >= 0.3 is 0 Å². The lowest BCUT2D eigenvalue weighted by atomic mass is 10.1. The Morgan fingerprint density at radius 1 is 1.32 bits per heavy atom. The lowest BCUT2D eigenvalue weighted by Gasteiger charge is -2.21. The predicted molar refractivity (Wildman–Crippen MR) is 71.3 cm³/mol. The predicted octanol–water partition coefficient (Wildman–Crippen LogP) is 1.36. The summed E-state index contributed by atoms with van der Waals surface area (Å²) in [4.78, 5) is 25.2. The molecule has 1 aliphatic heterocycles. The molecule has 2 heterocycles. The number of rotatable bonds is 1. The number of carbonyl (C=O) groups is 1. The van der Waals surface area contributed by atoms with Crippen molar-refractivity contribution in [2.45, 2.75) is 19.4 Å². The maximum absolute atomic E-state index is 12.5. The van der Waals surface area contributed by atoms with Gasteiger partial charge in [-0.25, -0.2) is 5.10 Å². The smallest absolute Gasteiger partial charge is 0.278 e. The number of anilines is 1. The van der Waals surface area contributed by atoms with Gasteiger partial charge in [0.2, 0.25) is 0 Å². The molecule has 0 saturated heterocycles. The average Bonchev–Trinajstić information content (AvgIpc) is 2.74. The first kappa shape index (κ1) is 11.6. The molecule has 1 amide bonds. The van der Waals surface area contributed by atoms with E-state index in [4.69, 9.17) is 0 Å². The molecule has 1 aromatic carbocycles. The van der Waals surface area contributed by atoms with Gasteiger partial charge in [0.1, 0.15) is 5.69 Å². The van der Waals surface area contributed by atoms with E-state index in [0.717, 1.165) is 17.7 Å². The van der Waals surface area contributed by atoms with Crippen LogP contribution < -0.4 is 10.5 Å². The molecule has 1 unspecified atom stereocenters. The lowest BCUT2D eigenvalue weighted by molar-refractivity contribution is 0.0975. The van der Waals surface area contributed by atoms with Crippen molar-refractivity contribution >= 4 is 11.6 Å². The standard InChI is InChI=1S/C14H13N3O2/c1-9-8-10-4-2-3-5-12(10)17(9)14(19)11-6-7-13(18)16-15-11/h2-7,9H,8H2,1H3,(H,16,18). The lowest BCUT2D eigenvalue weighted by Crippen LogP contribution is -2.36. The fourth-order valence-corrected chi connectivity index (χ4v) is 2.46. The van der Waals surface area contributed by atoms with E-state index in [2.05, 4.69) is 10.2 Å². The molecule has 96 valence electrons. The van der Waals surface area contributed by atoms with Crippen molar-refractivity contribution in [3.63, 3.8) is 0 Å². The number of nitrogens with one attached hydrogen (secondary N) is 1. The van der Waals surface area contributed by atoms with E-state index in [1.165, 1.54) is 12.1 Å². The van der Waals surface area contributed by atoms with Crippen molar-refractivity contribution in [2.24, 2.45) is 0 Å². The number of hydrogen-bond donors (Lipinski definition) is 1. The quantitative estimate of drug-likeness (QED) is 0.836. The fourth-order valence-electron chi connectivity index (χ4n) is 2.46. The summed E-state index contributed by atoms with van der Waals surface area (Å²) < 4.78 is 0. The van der Waals surface area contributed by atoms with Gasteiger partial charge < -0.3 is 4.90 Å². The molecular formula is C14H13N3O2. The molecule has 0 fully saturated rings. The highest BCUT2D eigenvalue weighted by Crippen LogP contribution is 2.32. The SMILES string of the molecule is CC1Cc2ccccc2N1C(=O)c1ccc(=O)[nH]n1. The second kappa shape index (κ2) is 4.35. The van der Waals surface area contributed by atoms with Gasteiger partial charge in [-0.1, -0.05) is 18.2 Å². The summed E-state index contributed by atoms with van der Waals surface area (Å²) in [6.07, 6.45) is 0.839. The van der Waals surface area contributed by atoms with Gasteiger partial charge in [-0.3, -0.25) is 9.59 Å². The Bertz CT molecular complexity index is 673. The van der Waals surface area contributed by atoms with Gasteiger partial charge in [0, 0.05) is 17.8 Å². The van der Waals surface area contributed by atoms with Crippen LogP contribution in [0.1, 0.15) is 23.0 Å². The summed E-state index contributed by atoms with van der Waals surface area (Å²) in [5, 5.41) is 6.09. The zero-order valence-corrected chi connectivity index (χ0v) is 10.5. The zero-order valence-electron chi connectivity index (χ0n) is 10.5. The fraction of sp³-hybridized carbons (Fsp3) is 0.214. The molecule has 0 saturated carbocycles. The molecule has 0 radical (unpaired) electrons. The summed E-state index contributed by atoms with van der Waals surface area (Å²) >= 11 is 0. The topological polar surface area (TPSA) is 66.1 Å². The van der Waals surface area contributed by atoms with Crippen LogP contribution in [0.5, 0.6) is 0 Å². The Labute approximate surface area is 109 Å². The van der Waals surface area contributed by atoms with Crippen molar-refractivity contribution < 1.29 is 4.79 Å². The first-order valence-corrected chi connectivity index (χ1v) is 6.14. The summed E-state index contributed by atoms with van der Waals surface area (Å²) in [6, 6.07) is 10.7. The van der Waals surface area contributed by atoms with Crippen molar-refractivity contribution in [3.05, 3.63) is 58.0 Å². The van der Waals surface area contributed by atoms with Crippen molar-refractivity contribution in [3.8, 4) is 0 Å². The summed E-state index contributed by atoms with van der Waals surface area (Å²) in [5.41, 5.74) is 2.02. The van der Waals surface area contributed by atoms with Gasteiger partial charge in [0.05, 0.1) is 0 Å². The van der Waals surface area contributed by atoms with Crippen LogP contribution in [0.2, 0.25) is 0 Å². The van der Waals surface area contributed by atoms with Crippen LogP contribution in [0.25, 0.3) is 0 Å². The van der Waals surface area contributed by atoms with Crippen LogP contribution in [0.3, 0.4) is 0 Å². The highest BCUT2D eigenvalue weighted by Gasteiger charge is 2.31. The molecule has 1 aliphatic rings. The number of benzene rings is 1. The summed E-state index contributed by atoms with van der Waals surface area (Å²) in [7, 11) is 0. The number of aromatic amines is 1. The number of fused-ring (bicyclic) bond motifs is 1. The van der Waals surface area contributed by atoms with Crippen LogP contribution in [-0.4, -0.2) is 22.1 Å². The number of H-pyrrole nitrogens is 1. The number of hydrogen-bond acceptors (Lipinski definition) is 3. The second-order valence-electron chi connectivity index (χ2n) is 4.66. The Morgan fingerprint density at radius 2 is 2.11 bits per heavy atom. The normalized spacial score (nSPS) is 17.3. The molecule has 0 spiro atoms. The monoisotopic (exact) mass is 255 g/mol. The molecular weight excluding hydrogens is 242 g/mol. The third-order valence-corrected chi connectivity index (χ3v) is 3.32. The van der Waals surface area contributed by atoms with Crippen LogP contribution >= 0.6 is 0 Å². The minimum absolute atomic E-state index is 0.0960. The molecule has 1 aromatic heterocycles. The molecule has 3 rings (SSSR count). The Morgan fingerprint density at radius 3 is 2.84 bits per heavy atom. The van der Waals surface area contributed by atoms with Crippen LogP contribution in [0.15, 0.2) is 41.2 Å². The second-order valence-corrected chi connectivity index (χ2v) is 4.66. The summed E-state index contributed by atoms with van der Waals surface area (Å²) in [6.45, 7) is 2.00. The van der Waals surface area contributed by atoms with Gasteiger partial charge in [0.25, 0.3) is 11.5 Å². The average molecular weight is 255 g/mol. The molecule has 2 aromatic rings. The van der Waals surface area contributed by atoms with Crippen molar-refractivity contribution in [1.82, 2.24) is 10.2 Å². The molecule has 0 aliphatic carbocycles. The Hall–Kier alpha value is -2.43. The van der Waals surface area contributed by atoms with E-state index in [1.807, 2.05) is 31.2 Å². The van der Waals surface area contributed by atoms with E-state index in [1.54, 1.807) is 4.90 Å². The molecule has 19 heavy (non-hydrogen) atoms. The maximum Gasteiger partial charge on any atom is 0.278 e. The summed E-state index contributed by atoms with van der Waals surface area (Å²) in [5.74, 6) is -0.186. The maximum atomic E-state index is 12.5. The van der Waals surface area contributed by atoms with Crippen LogP contribution in [0, 0.1) is 0 Å². The third-order valence-electron chi connectivity index (χ3n) is 3.32. The molecule has 1 N–H and O–H groups in total. The van der Waals surface area contributed by atoms with E-state index < -0.39 is 0 Å². The van der Waals surface area contributed by atoms with E-state index in [0.29, 0.717) is 0 Å². The minimum atomic E-state index is -0.313. The highest BCUT2D eigenvalue weighted by molar-refractivity contribution is 6.06. The molecule has 5 heteroatoms. The van der Waals surface area contributed by atoms with Gasteiger partial charge in [-0.15, -0.1) is 0 Å². The Kier molecular flexibility index (Phi) is 2.67. The number of nitrogens with zero attached hydrogens (tertiary/aromatic N) is 2. The minimum Gasteiger partial charge on any atom is -0.304 e. The number of carbonyl (C=O) groups excluding carboxylic acids is 1. The number of para-hydroxylation sites is 1. The third kappa shape index (κ3) is 1.93. The highest BCUT2D eigenvalue weighted by atomic mass is 16.2. The molecule has 5 nitrogen and oxygen atoms in total. The van der Waals surface area contributed by atoms with Crippen LogP contribution in [-0.2, 0) is 6.42 Å². The van der Waals surface area contributed by atoms with Crippen molar-refractivity contribution in [2.75, 3.05) is 4.90 Å². The van der Waals surface area contributed by atoms with Crippen molar-refractivity contribution in [1.29, 1.82) is 0 Å². The van der Waals surface area contributed by atoms with Crippen LogP contribution in [0.4, 0.5) is 5.69 Å². The number of aromatic nitrogens is 2. The van der Waals surface area contributed by atoms with E-state index >= 15 is 0 Å². The van der Waals surface area contributed by atoms with Gasteiger partial charge in [0.15, 0.2) is 0 Å².